The molecule has 2 nitrogen and oxygen atoms in total. The molecule has 0 aromatic heterocycles. The van der Waals surface area contributed by atoms with Gasteiger partial charge in [0.05, 0.1) is 0 Å². The first-order valence-electron chi connectivity index (χ1n) is 6.18. The highest BCUT2D eigenvalue weighted by atomic mass is 16.5. The summed E-state index contributed by atoms with van der Waals surface area (Å²) in [7, 11) is 0. The van der Waals surface area contributed by atoms with Crippen molar-refractivity contribution in [1.29, 1.82) is 0 Å². The maximum Gasteiger partial charge on any atom is 0.119 e. The Morgan fingerprint density at radius 1 is 1.06 bits per heavy atom. The van der Waals surface area contributed by atoms with Crippen molar-refractivity contribution in [3.63, 3.8) is 0 Å². The van der Waals surface area contributed by atoms with E-state index in [0.717, 1.165) is 18.9 Å². The monoisotopic (exact) mass is 220 g/mol. The summed E-state index contributed by atoms with van der Waals surface area (Å²) in [6.45, 7) is 8.55. The predicted molar refractivity (Wildman–Crippen MR) is 67.8 cm³/mol. The molecule has 0 amide bonds. The fourth-order valence-electron chi connectivity index (χ4n) is 1.73. The van der Waals surface area contributed by atoms with E-state index in [9.17, 15) is 0 Å². The molecule has 0 saturated heterocycles. The van der Waals surface area contributed by atoms with Gasteiger partial charge in [0, 0.05) is 6.54 Å². The maximum atomic E-state index is 5.67. The van der Waals surface area contributed by atoms with Crippen LogP contribution in [0.5, 0.6) is 5.75 Å². The standard InChI is InChI=1S/C14H22NO/c1-3-10-15(11-4-2)12-13-16-14-8-6-5-7-9-14/h6-9H,3-4,10-13H2,1-2H3. The highest BCUT2D eigenvalue weighted by Crippen LogP contribution is 2.07. The first-order chi connectivity index (χ1) is 7.86. The van der Waals surface area contributed by atoms with Gasteiger partial charge in [-0.2, -0.15) is 0 Å². The molecule has 0 atom stereocenters. The van der Waals surface area contributed by atoms with Gasteiger partial charge in [0.25, 0.3) is 0 Å². The van der Waals surface area contributed by atoms with Crippen LogP contribution in [-0.2, 0) is 0 Å². The second kappa shape index (κ2) is 8.17. The Balaban J connectivity index is 2.22. The minimum Gasteiger partial charge on any atom is -0.492 e. The zero-order valence-corrected chi connectivity index (χ0v) is 10.4. The molecule has 89 valence electrons. The van der Waals surface area contributed by atoms with Crippen LogP contribution in [0, 0.1) is 6.07 Å². The van der Waals surface area contributed by atoms with Crippen LogP contribution >= 0.6 is 0 Å². The van der Waals surface area contributed by atoms with Gasteiger partial charge in [-0.1, -0.05) is 26.0 Å². The van der Waals surface area contributed by atoms with Crippen molar-refractivity contribution in [3.8, 4) is 5.75 Å². The topological polar surface area (TPSA) is 12.5 Å². The Bertz CT molecular complexity index is 255. The smallest absolute Gasteiger partial charge is 0.119 e. The van der Waals surface area contributed by atoms with E-state index in [2.05, 4.69) is 24.8 Å². The van der Waals surface area contributed by atoms with E-state index in [4.69, 9.17) is 4.74 Å². The van der Waals surface area contributed by atoms with Gasteiger partial charge < -0.3 is 4.74 Å². The SMILES string of the molecule is CCCN(CCC)CCOc1cc[c]cc1. The van der Waals surface area contributed by atoms with Crippen LogP contribution in [0.2, 0.25) is 0 Å². The third-order valence-electron chi connectivity index (χ3n) is 2.44. The summed E-state index contributed by atoms with van der Waals surface area (Å²) in [4.78, 5) is 2.45. The van der Waals surface area contributed by atoms with Crippen LogP contribution < -0.4 is 4.74 Å². The molecule has 0 bridgehead atoms. The second-order valence-electron chi connectivity index (χ2n) is 3.93. The van der Waals surface area contributed by atoms with Gasteiger partial charge in [0.2, 0.25) is 0 Å². The van der Waals surface area contributed by atoms with Crippen molar-refractivity contribution in [2.45, 2.75) is 26.7 Å². The van der Waals surface area contributed by atoms with E-state index in [-0.39, 0.29) is 0 Å². The Kier molecular flexibility index (Phi) is 6.66. The van der Waals surface area contributed by atoms with Gasteiger partial charge in [-0.15, -0.1) is 0 Å². The third-order valence-corrected chi connectivity index (χ3v) is 2.44. The molecule has 0 unspecified atom stereocenters. The van der Waals surface area contributed by atoms with Crippen LogP contribution in [-0.4, -0.2) is 31.1 Å². The summed E-state index contributed by atoms with van der Waals surface area (Å²) in [5, 5.41) is 0. The van der Waals surface area contributed by atoms with Gasteiger partial charge >= 0.3 is 0 Å². The van der Waals surface area contributed by atoms with E-state index >= 15 is 0 Å². The van der Waals surface area contributed by atoms with Crippen molar-refractivity contribution in [2.75, 3.05) is 26.2 Å². The van der Waals surface area contributed by atoms with Crippen LogP contribution in [0.25, 0.3) is 0 Å². The normalized spacial score (nSPS) is 10.7. The molecule has 1 rings (SSSR count). The molecule has 0 spiro atoms. The zero-order valence-electron chi connectivity index (χ0n) is 10.4. The predicted octanol–water partition coefficient (Wildman–Crippen LogP) is 2.99. The van der Waals surface area contributed by atoms with Crippen molar-refractivity contribution < 1.29 is 4.74 Å². The maximum absolute atomic E-state index is 5.67. The summed E-state index contributed by atoms with van der Waals surface area (Å²) in [5.41, 5.74) is 0. The second-order valence-corrected chi connectivity index (χ2v) is 3.93. The van der Waals surface area contributed by atoms with Crippen LogP contribution in [0.4, 0.5) is 0 Å². The highest BCUT2D eigenvalue weighted by molar-refractivity contribution is 5.20. The largest absolute Gasteiger partial charge is 0.492 e. The van der Waals surface area contributed by atoms with Gasteiger partial charge in [-0.25, -0.2) is 0 Å². The molecule has 2 heteroatoms. The van der Waals surface area contributed by atoms with Gasteiger partial charge in [-0.3, -0.25) is 4.90 Å². The zero-order chi connectivity index (χ0) is 11.6. The minimum absolute atomic E-state index is 0.768. The minimum atomic E-state index is 0.768. The Morgan fingerprint density at radius 2 is 1.69 bits per heavy atom. The van der Waals surface area contributed by atoms with Crippen molar-refractivity contribution >= 4 is 0 Å². The van der Waals surface area contributed by atoms with E-state index in [1.54, 1.807) is 0 Å². The first kappa shape index (κ1) is 13.0. The summed E-state index contributed by atoms with van der Waals surface area (Å²) in [6.07, 6.45) is 2.42. The highest BCUT2D eigenvalue weighted by Gasteiger charge is 2.02. The molecule has 0 aliphatic rings. The number of hydrogen-bond acceptors (Lipinski definition) is 2. The summed E-state index contributed by atoms with van der Waals surface area (Å²) in [5.74, 6) is 0.937. The lowest BCUT2D eigenvalue weighted by molar-refractivity contribution is 0.209. The van der Waals surface area contributed by atoms with Gasteiger partial charge in [-0.05, 0) is 44.1 Å². The first-order valence-corrected chi connectivity index (χ1v) is 6.18. The van der Waals surface area contributed by atoms with Crippen molar-refractivity contribution in [2.24, 2.45) is 0 Å². The number of nitrogens with zero attached hydrogens (tertiary/aromatic N) is 1. The fourth-order valence-corrected chi connectivity index (χ4v) is 1.73. The number of rotatable bonds is 8. The van der Waals surface area contributed by atoms with Gasteiger partial charge in [0.15, 0.2) is 0 Å². The summed E-state index contributed by atoms with van der Waals surface area (Å²) >= 11 is 0. The lowest BCUT2D eigenvalue weighted by atomic mass is 10.3. The van der Waals surface area contributed by atoms with Crippen LogP contribution in [0.3, 0.4) is 0 Å². The number of hydrogen-bond donors (Lipinski definition) is 0. The van der Waals surface area contributed by atoms with Crippen LogP contribution in [0.15, 0.2) is 24.3 Å². The average molecular weight is 220 g/mol. The quantitative estimate of drug-likeness (QED) is 0.668. The van der Waals surface area contributed by atoms with Crippen molar-refractivity contribution in [1.82, 2.24) is 4.90 Å². The molecule has 1 aromatic carbocycles. The molecule has 0 fully saturated rings. The lowest BCUT2D eigenvalue weighted by Gasteiger charge is -2.20. The third kappa shape index (κ3) is 5.17. The summed E-state index contributed by atoms with van der Waals surface area (Å²) in [6, 6.07) is 10.6. The van der Waals surface area contributed by atoms with Crippen molar-refractivity contribution in [3.05, 3.63) is 30.3 Å². The molecule has 0 aliphatic heterocycles. The van der Waals surface area contributed by atoms with E-state index in [0.29, 0.717) is 0 Å². The summed E-state index contributed by atoms with van der Waals surface area (Å²) < 4.78 is 5.67. The Morgan fingerprint density at radius 3 is 2.25 bits per heavy atom. The Labute approximate surface area is 99.2 Å². The molecule has 16 heavy (non-hydrogen) atoms. The Hall–Kier alpha value is -1.02. The molecule has 0 aliphatic carbocycles. The molecule has 1 aromatic rings. The molecular weight excluding hydrogens is 198 g/mol. The van der Waals surface area contributed by atoms with E-state index in [1.807, 2.05) is 24.3 Å². The lowest BCUT2D eigenvalue weighted by Crippen LogP contribution is -2.30. The molecule has 0 N–H and O–H groups in total. The molecular formula is C14H22NO. The fraction of sp³-hybridized carbons (Fsp3) is 0.571. The van der Waals surface area contributed by atoms with Crippen LogP contribution in [0.1, 0.15) is 26.7 Å². The number of ether oxygens (including phenoxy) is 1. The van der Waals surface area contributed by atoms with E-state index in [1.165, 1.54) is 25.9 Å². The van der Waals surface area contributed by atoms with E-state index < -0.39 is 0 Å². The van der Waals surface area contributed by atoms with Gasteiger partial charge in [0.1, 0.15) is 12.4 Å². The molecule has 0 heterocycles. The molecule has 0 saturated carbocycles. The average Bonchev–Trinajstić information content (AvgIpc) is 2.31. The number of benzene rings is 1. The molecule has 1 radical (unpaired) electrons.